The summed E-state index contributed by atoms with van der Waals surface area (Å²) in [6, 6.07) is 0. The Morgan fingerprint density at radius 2 is 2.40 bits per heavy atom. The third-order valence-corrected chi connectivity index (χ3v) is 2.70. The molecule has 1 N–H and O–H groups in total. The van der Waals surface area contributed by atoms with Crippen LogP contribution in [0.15, 0.2) is 6.33 Å². The van der Waals surface area contributed by atoms with Crippen molar-refractivity contribution in [2.45, 2.75) is 12.5 Å². The van der Waals surface area contributed by atoms with E-state index in [9.17, 15) is 9.90 Å². The summed E-state index contributed by atoms with van der Waals surface area (Å²) in [5, 5.41) is 9.54. The molecule has 0 aromatic carbocycles. The van der Waals surface area contributed by atoms with Crippen molar-refractivity contribution >= 4 is 23.7 Å². The van der Waals surface area contributed by atoms with E-state index < -0.39 is 0 Å². The van der Waals surface area contributed by atoms with Crippen LogP contribution >= 0.6 is 11.6 Å². The van der Waals surface area contributed by atoms with Crippen LogP contribution in [0, 0.1) is 0 Å². The lowest BCUT2D eigenvalue weighted by Gasteiger charge is -2.17. The first-order valence-corrected chi connectivity index (χ1v) is 4.99. The lowest BCUT2D eigenvalue weighted by Crippen LogP contribution is -2.23. The van der Waals surface area contributed by atoms with Gasteiger partial charge in [0.2, 0.25) is 0 Å². The molecule has 1 aromatic heterocycles. The van der Waals surface area contributed by atoms with Crippen molar-refractivity contribution in [3.8, 4) is 0 Å². The van der Waals surface area contributed by atoms with Crippen molar-refractivity contribution in [2.24, 2.45) is 0 Å². The van der Waals surface area contributed by atoms with E-state index >= 15 is 0 Å². The van der Waals surface area contributed by atoms with E-state index in [-0.39, 0.29) is 16.8 Å². The van der Waals surface area contributed by atoms with Crippen molar-refractivity contribution in [1.29, 1.82) is 0 Å². The SMILES string of the molecule is O=Cc1c(Cl)ncnc1N1CCC(O)C1. The second-order valence-electron chi connectivity index (χ2n) is 3.41. The number of aliphatic hydroxyl groups excluding tert-OH is 1. The molecule has 0 saturated carbocycles. The van der Waals surface area contributed by atoms with Crippen LogP contribution in [0.5, 0.6) is 0 Å². The minimum absolute atomic E-state index is 0.149. The molecule has 15 heavy (non-hydrogen) atoms. The highest BCUT2D eigenvalue weighted by atomic mass is 35.5. The Morgan fingerprint density at radius 1 is 1.60 bits per heavy atom. The summed E-state index contributed by atoms with van der Waals surface area (Å²) < 4.78 is 0. The number of rotatable bonds is 2. The molecular formula is C9H10ClN3O2. The maximum absolute atomic E-state index is 10.8. The van der Waals surface area contributed by atoms with E-state index in [0.717, 1.165) is 0 Å². The Labute approximate surface area is 91.7 Å². The van der Waals surface area contributed by atoms with Crippen molar-refractivity contribution < 1.29 is 9.90 Å². The average Bonchev–Trinajstić information content (AvgIpc) is 2.64. The van der Waals surface area contributed by atoms with Crippen LogP contribution in [-0.4, -0.2) is 40.6 Å². The van der Waals surface area contributed by atoms with Gasteiger partial charge in [-0.1, -0.05) is 11.6 Å². The number of halogens is 1. The van der Waals surface area contributed by atoms with E-state index in [1.165, 1.54) is 6.33 Å². The molecule has 1 aromatic rings. The number of nitrogens with zero attached hydrogens (tertiary/aromatic N) is 3. The third kappa shape index (κ3) is 1.93. The summed E-state index contributed by atoms with van der Waals surface area (Å²) in [6.07, 6.45) is 2.27. The minimum atomic E-state index is -0.363. The maximum atomic E-state index is 10.8. The Kier molecular flexibility index (Phi) is 2.83. The standard InChI is InChI=1S/C9H10ClN3O2/c10-8-7(4-14)9(12-5-11-8)13-2-1-6(15)3-13/h4-6,15H,1-3H2. The number of hydrogen-bond donors (Lipinski definition) is 1. The molecule has 80 valence electrons. The molecule has 1 saturated heterocycles. The van der Waals surface area contributed by atoms with Gasteiger partial charge in [-0.15, -0.1) is 0 Å². The molecule has 2 heterocycles. The van der Waals surface area contributed by atoms with E-state index in [4.69, 9.17) is 11.6 Å². The molecule has 6 heteroatoms. The fourth-order valence-electron chi connectivity index (χ4n) is 1.65. The average molecular weight is 228 g/mol. The Hall–Kier alpha value is -1.20. The predicted molar refractivity (Wildman–Crippen MR) is 55.3 cm³/mol. The van der Waals surface area contributed by atoms with Crippen molar-refractivity contribution in [3.63, 3.8) is 0 Å². The van der Waals surface area contributed by atoms with Gasteiger partial charge in [-0.25, -0.2) is 9.97 Å². The first-order chi connectivity index (χ1) is 7.22. The van der Waals surface area contributed by atoms with Gasteiger partial charge in [-0.05, 0) is 6.42 Å². The zero-order valence-corrected chi connectivity index (χ0v) is 8.68. The van der Waals surface area contributed by atoms with Gasteiger partial charge in [0.25, 0.3) is 0 Å². The largest absolute Gasteiger partial charge is 0.391 e. The Morgan fingerprint density at radius 3 is 3.00 bits per heavy atom. The normalized spacial score (nSPS) is 20.7. The number of aliphatic hydroxyl groups is 1. The smallest absolute Gasteiger partial charge is 0.156 e. The van der Waals surface area contributed by atoms with Crippen LogP contribution in [0.3, 0.4) is 0 Å². The Bertz CT molecular complexity index is 386. The highest BCUT2D eigenvalue weighted by molar-refractivity contribution is 6.32. The zero-order valence-electron chi connectivity index (χ0n) is 7.93. The number of hydrogen-bond acceptors (Lipinski definition) is 5. The number of carbonyl (C=O) groups is 1. The number of aromatic nitrogens is 2. The first kappa shape index (κ1) is 10.3. The molecule has 1 aliphatic heterocycles. The molecule has 0 radical (unpaired) electrons. The number of carbonyl (C=O) groups excluding carboxylic acids is 1. The fraction of sp³-hybridized carbons (Fsp3) is 0.444. The van der Waals surface area contributed by atoms with Crippen LogP contribution in [-0.2, 0) is 0 Å². The summed E-state index contributed by atoms with van der Waals surface area (Å²) in [4.78, 5) is 20.4. The van der Waals surface area contributed by atoms with Gasteiger partial charge in [0.05, 0.1) is 11.7 Å². The molecule has 0 bridgehead atoms. The summed E-state index contributed by atoms with van der Waals surface area (Å²) in [5.41, 5.74) is 0.285. The van der Waals surface area contributed by atoms with Gasteiger partial charge in [-0.3, -0.25) is 4.79 Å². The highest BCUT2D eigenvalue weighted by Crippen LogP contribution is 2.24. The zero-order chi connectivity index (χ0) is 10.8. The molecule has 0 spiro atoms. The Balaban J connectivity index is 2.35. The second-order valence-corrected chi connectivity index (χ2v) is 3.77. The summed E-state index contributed by atoms with van der Waals surface area (Å²) >= 11 is 5.77. The molecule has 1 atom stereocenters. The molecule has 5 nitrogen and oxygen atoms in total. The maximum Gasteiger partial charge on any atom is 0.156 e. The summed E-state index contributed by atoms with van der Waals surface area (Å²) in [6.45, 7) is 1.16. The number of aldehydes is 1. The minimum Gasteiger partial charge on any atom is -0.391 e. The second kappa shape index (κ2) is 4.12. The third-order valence-electron chi connectivity index (χ3n) is 2.40. The van der Waals surface area contributed by atoms with E-state index in [0.29, 0.717) is 31.6 Å². The topological polar surface area (TPSA) is 66.3 Å². The predicted octanol–water partition coefficient (Wildman–Crippen LogP) is 0.514. The van der Waals surface area contributed by atoms with E-state index in [1.54, 1.807) is 0 Å². The van der Waals surface area contributed by atoms with E-state index in [1.807, 2.05) is 4.90 Å². The van der Waals surface area contributed by atoms with Gasteiger partial charge in [-0.2, -0.15) is 0 Å². The molecule has 1 fully saturated rings. The molecule has 0 aliphatic carbocycles. The van der Waals surface area contributed by atoms with Crippen LogP contribution in [0.25, 0.3) is 0 Å². The lowest BCUT2D eigenvalue weighted by atomic mass is 10.3. The molecular weight excluding hydrogens is 218 g/mol. The van der Waals surface area contributed by atoms with Crippen LogP contribution < -0.4 is 4.90 Å². The van der Waals surface area contributed by atoms with Crippen molar-refractivity contribution in [2.75, 3.05) is 18.0 Å². The highest BCUT2D eigenvalue weighted by Gasteiger charge is 2.24. The molecule has 0 amide bonds. The van der Waals surface area contributed by atoms with Crippen LogP contribution in [0.1, 0.15) is 16.8 Å². The van der Waals surface area contributed by atoms with Gasteiger partial charge in [0.15, 0.2) is 6.29 Å². The first-order valence-electron chi connectivity index (χ1n) is 4.61. The fourth-order valence-corrected chi connectivity index (χ4v) is 1.83. The molecule has 1 unspecified atom stereocenters. The summed E-state index contributed by atoms with van der Waals surface area (Å²) in [5.74, 6) is 0.501. The van der Waals surface area contributed by atoms with Crippen LogP contribution in [0.2, 0.25) is 5.15 Å². The molecule has 2 rings (SSSR count). The number of anilines is 1. The lowest BCUT2D eigenvalue weighted by molar-refractivity contribution is 0.112. The van der Waals surface area contributed by atoms with Crippen molar-refractivity contribution in [3.05, 3.63) is 17.0 Å². The monoisotopic (exact) mass is 227 g/mol. The van der Waals surface area contributed by atoms with Gasteiger partial charge in [0, 0.05) is 13.1 Å². The van der Waals surface area contributed by atoms with Gasteiger partial charge >= 0.3 is 0 Å². The summed E-state index contributed by atoms with van der Waals surface area (Å²) in [7, 11) is 0. The number of β-amino-alcohol motifs (C(OH)–C–C–N with tert-alkyl or cyclic N) is 1. The van der Waals surface area contributed by atoms with E-state index in [2.05, 4.69) is 9.97 Å². The molecule has 1 aliphatic rings. The van der Waals surface area contributed by atoms with Gasteiger partial charge in [0.1, 0.15) is 17.3 Å². The van der Waals surface area contributed by atoms with Crippen molar-refractivity contribution in [1.82, 2.24) is 9.97 Å². The van der Waals surface area contributed by atoms with Crippen LogP contribution in [0.4, 0.5) is 5.82 Å². The van der Waals surface area contributed by atoms with Gasteiger partial charge < -0.3 is 10.0 Å². The quantitative estimate of drug-likeness (QED) is 0.589.